The van der Waals surface area contributed by atoms with Gasteiger partial charge >= 0.3 is 0 Å². The van der Waals surface area contributed by atoms with E-state index >= 15 is 0 Å². The van der Waals surface area contributed by atoms with Crippen LogP contribution in [0.2, 0.25) is 0 Å². The molecule has 0 atom stereocenters. The second-order valence-corrected chi connectivity index (χ2v) is 6.95. The third-order valence-corrected chi connectivity index (χ3v) is 5.06. The van der Waals surface area contributed by atoms with Crippen molar-refractivity contribution < 1.29 is 9.53 Å². The fourth-order valence-corrected chi connectivity index (χ4v) is 3.62. The lowest BCUT2D eigenvalue weighted by Gasteiger charge is -2.30. The zero-order valence-electron chi connectivity index (χ0n) is 15.9. The Bertz CT molecular complexity index is 931. The number of aromatic amines is 1. The molecule has 146 valence electrons. The van der Waals surface area contributed by atoms with Crippen molar-refractivity contribution in [1.82, 2.24) is 10.3 Å². The Hall–Kier alpha value is -2.83. The molecule has 28 heavy (non-hydrogen) atoms. The molecular weight excluding hydrogens is 352 g/mol. The number of amides is 1. The van der Waals surface area contributed by atoms with Gasteiger partial charge in [-0.3, -0.25) is 4.79 Å². The van der Waals surface area contributed by atoms with Crippen molar-refractivity contribution in [2.45, 2.75) is 6.42 Å². The van der Waals surface area contributed by atoms with Crippen molar-refractivity contribution in [1.29, 1.82) is 0 Å². The number of para-hydroxylation sites is 3. The molecule has 2 aromatic carbocycles. The minimum Gasteiger partial charge on any atom is -0.378 e. The predicted molar refractivity (Wildman–Crippen MR) is 113 cm³/mol. The molecular formula is C22H26N4O2. The van der Waals surface area contributed by atoms with E-state index in [1.165, 1.54) is 10.9 Å². The maximum atomic E-state index is 12.4. The molecule has 1 aliphatic rings. The van der Waals surface area contributed by atoms with Crippen LogP contribution in [0, 0.1) is 0 Å². The van der Waals surface area contributed by atoms with Gasteiger partial charge < -0.3 is 25.3 Å². The smallest absolute Gasteiger partial charge is 0.238 e. The van der Waals surface area contributed by atoms with E-state index in [2.05, 4.69) is 32.7 Å². The lowest BCUT2D eigenvalue weighted by Crippen LogP contribution is -2.37. The van der Waals surface area contributed by atoms with Gasteiger partial charge in [0.05, 0.1) is 31.1 Å². The Morgan fingerprint density at radius 1 is 1.07 bits per heavy atom. The van der Waals surface area contributed by atoms with Crippen LogP contribution < -0.4 is 15.5 Å². The number of ether oxygens (including phenoxy) is 1. The van der Waals surface area contributed by atoms with Crippen LogP contribution >= 0.6 is 0 Å². The Kier molecular flexibility index (Phi) is 5.89. The number of carbonyl (C=O) groups is 1. The van der Waals surface area contributed by atoms with Crippen molar-refractivity contribution in [3.8, 4) is 0 Å². The number of H-pyrrole nitrogens is 1. The molecule has 0 radical (unpaired) electrons. The molecule has 0 unspecified atom stereocenters. The van der Waals surface area contributed by atoms with E-state index in [1.54, 1.807) is 0 Å². The quantitative estimate of drug-likeness (QED) is 0.553. The van der Waals surface area contributed by atoms with Gasteiger partial charge in [-0.15, -0.1) is 0 Å². The summed E-state index contributed by atoms with van der Waals surface area (Å²) in [4.78, 5) is 17.9. The molecule has 0 aliphatic carbocycles. The summed E-state index contributed by atoms with van der Waals surface area (Å²) in [7, 11) is 0. The molecule has 3 aromatic rings. The molecule has 1 fully saturated rings. The molecule has 1 saturated heterocycles. The molecule has 2 heterocycles. The molecule has 1 aliphatic heterocycles. The molecule has 0 spiro atoms. The molecule has 3 N–H and O–H groups in total. The van der Waals surface area contributed by atoms with Crippen LogP contribution in [0.1, 0.15) is 5.56 Å². The van der Waals surface area contributed by atoms with Gasteiger partial charge in [-0.05, 0) is 36.7 Å². The van der Waals surface area contributed by atoms with Crippen molar-refractivity contribution in [3.63, 3.8) is 0 Å². The predicted octanol–water partition coefficient (Wildman–Crippen LogP) is 2.78. The number of nitrogens with zero attached hydrogens (tertiary/aromatic N) is 1. The van der Waals surface area contributed by atoms with Crippen LogP contribution in [0.15, 0.2) is 54.7 Å². The number of hydrogen-bond donors (Lipinski definition) is 3. The van der Waals surface area contributed by atoms with Gasteiger partial charge in [0, 0.05) is 30.2 Å². The zero-order chi connectivity index (χ0) is 19.2. The van der Waals surface area contributed by atoms with Gasteiger partial charge in [0.1, 0.15) is 0 Å². The largest absolute Gasteiger partial charge is 0.378 e. The summed E-state index contributed by atoms with van der Waals surface area (Å²) >= 11 is 0. The molecule has 1 aromatic heterocycles. The van der Waals surface area contributed by atoms with Crippen LogP contribution in [0.25, 0.3) is 10.9 Å². The minimum absolute atomic E-state index is 0.0281. The van der Waals surface area contributed by atoms with Crippen LogP contribution in [0.5, 0.6) is 0 Å². The highest BCUT2D eigenvalue weighted by Crippen LogP contribution is 2.26. The first-order valence-corrected chi connectivity index (χ1v) is 9.78. The van der Waals surface area contributed by atoms with Gasteiger partial charge in [-0.25, -0.2) is 0 Å². The Morgan fingerprint density at radius 2 is 1.86 bits per heavy atom. The van der Waals surface area contributed by atoms with Crippen LogP contribution in [0.4, 0.5) is 11.4 Å². The van der Waals surface area contributed by atoms with E-state index in [9.17, 15) is 4.79 Å². The van der Waals surface area contributed by atoms with E-state index in [1.807, 2.05) is 42.6 Å². The summed E-state index contributed by atoms with van der Waals surface area (Å²) in [5, 5.41) is 7.53. The van der Waals surface area contributed by atoms with Crippen LogP contribution in [-0.4, -0.2) is 50.3 Å². The number of carbonyl (C=O) groups excluding carboxylic acids is 1. The highest BCUT2D eigenvalue weighted by molar-refractivity contribution is 5.95. The number of morpholine rings is 1. The Morgan fingerprint density at radius 3 is 2.75 bits per heavy atom. The summed E-state index contributed by atoms with van der Waals surface area (Å²) < 4.78 is 5.42. The maximum Gasteiger partial charge on any atom is 0.238 e. The summed E-state index contributed by atoms with van der Waals surface area (Å²) in [6.45, 7) is 4.17. The number of aromatic nitrogens is 1. The molecule has 0 bridgehead atoms. The van der Waals surface area contributed by atoms with E-state index < -0.39 is 0 Å². The second kappa shape index (κ2) is 8.91. The van der Waals surface area contributed by atoms with Gasteiger partial charge in [-0.2, -0.15) is 0 Å². The number of hydrogen-bond acceptors (Lipinski definition) is 4. The average Bonchev–Trinajstić information content (AvgIpc) is 3.15. The average molecular weight is 378 g/mol. The summed E-state index contributed by atoms with van der Waals surface area (Å²) in [6, 6.07) is 16.2. The standard InChI is InChI=1S/C22H26N4O2/c27-22(16-23-10-9-17-15-24-19-6-2-1-5-18(17)19)25-20-7-3-4-8-21(20)26-11-13-28-14-12-26/h1-8,15,23-24H,9-14,16H2,(H,25,27). The first kappa shape index (κ1) is 18.5. The topological polar surface area (TPSA) is 69.4 Å². The van der Waals surface area contributed by atoms with E-state index in [4.69, 9.17) is 4.74 Å². The molecule has 6 nitrogen and oxygen atoms in total. The van der Waals surface area contributed by atoms with Crippen molar-refractivity contribution in [2.75, 3.05) is 49.6 Å². The SMILES string of the molecule is O=C(CNCCc1c[nH]c2ccccc12)Nc1ccccc1N1CCOCC1. The van der Waals surface area contributed by atoms with E-state index in [0.29, 0.717) is 6.54 Å². The van der Waals surface area contributed by atoms with Gasteiger partial charge in [-0.1, -0.05) is 30.3 Å². The normalized spacial score (nSPS) is 14.4. The number of rotatable bonds is 7. The maximum absolute atomic E-state index is 12.4. The third-order valence-electron chi connectivity index (χ3n) is 5.06. The lowest BCUT2D eigenvalue weighted by molar-refractivity contribution is -0.115. The summed E-state index contributed by atoms with van der Waals surface area (Å²) in [5.41, 5.74) is 4.32. The highest BCUT2D eigenvalue weighted by atomic mass is 16.5. The fourth-order valence-electron chi connectivity index (χ4n) is 3.62. The van der Waals surface area contributed by atoms with Crippen LogP contribution in [-0.2, 0) is 16.0 Å². The third kappa shape index (κ3) is 4.35. The van der Waals surface area contributed by atoms with Crippen LogP contribution in [0.3, 0.4) is 0 Å². The van der Waals surface area contributed by atoms with E-state index in [-0.39, 0.29) is 5.91 Å². The number of fused-ring (bicyclic) bond motifs is 1. The fraction of sp³-hybridized carbons (Fsp3) is 0.318. The Balaban J connectivity index is 1.28. The number of nitrogens with one attached hydrogen (secondary N) is 3. The molecule has 1 amide bonds. The summed E-state index contributed by atoms with van der Waals surface area (Å²) in [6.07, 6.45) is 2.92. The monoisotopic (exact) mass is 378 g/mol. The van der Waals surface area contributed by atoms with Gasteiger partial charge in [0.25, 0.3) is 0 Å². The van der Waals surface area contributed by atoms with Crippen molar-refractivity contribution in [3.05, 3.63) is 60.3 Å². The molecule has 6 heteroatoms. The van der Waals surface area contributed by atoms with Crippen molar-refractivity contribution >= 4 is 28.2 Å². The minimum atomic E-state index is -0.0281. The number of anilines is 2. The summed E-state index contributed by atoms with van der Waals surface area (Å²) in [5.74, 6) is -0.0281. The zero-order valence-corrected chi connectivity index (χ0v) is 15.9. The molecule has 4 rings (SSSR count). The Labute approximate surface area is 164 Å². The van der Waals surface area contributed by atoms with Crippen molar-refractivity contribution in [2.24, 2.45) is 0 Å². The lowest BCUT2D eigenvalue weighted by atomic mass is 10.1. The number of benzene rings is 2. The van der Waals surface area contributed by atoms with E-state index in [0.717, 1.165) is 56.2 Å². The molecule has 0 saturated carbocycles. The highest BCUT2D eigenvalue weighted by Gasteiger charge is 2.15. The second-order valence-electron chi connectivity index (χ2n) is 6.95. The first-order chi connectivity index (χ1) is 13.8. The van der Waals surface area contributed by atoms with Gasteiger partial charge in [0.2, 0.25) is 5.91 Å². The van der Waals surface area contributed by atoms with Gasteiger partial charge in [0.15, 0.2) is 0 Å². The first-order valence-electron chi connectivity index (χ1n) is 9.78.